The van der Waals surface area contributed by atoms with Gasteiger partial charge in [0.1, 0.15) is 0 Å². The van der Waals surface area contributed by atoms with Gasteiger partial charge in [-0.3, -0.25) is 13.6 Å². The summed E-state index contributed by atoms with van der Waals surface area (Å²) in [5.41, 5.74) is 1.76. The minimum atomic E-state index is -3.82. The Bertz CT molecular complexity index is 659. The molecule has 3 rings (SSSR count). The van der Waals surface area contributed by atoms with Gasteiger partial charge < -0.3 is 5.11 Å². The van der Waals surface area contributed by atoms with Gasteiger partial charge in [-0.05, 0) is 24.0 Å². The van der Waals surface area contributed by atoms with E-state index in [1.165, 1.54) is 0 Å². The zero-order chi connectivity index (χ0) is 18.2. The Morgan fingerprint density at radius 1 is 0.846 bits per heavy atom. The molecule has 0 amide bonds. The third-order valence-corrected chi connectivity index (χ3v) is 5.82. The Morgan fingerprint density at radius 2 is 1.35 bits per heavy atom. The lowest BCUT2D eigenvalue weighted by molar-refractivity contribution is -0.0228. The maximum Gasteiger partial charge on any atom is 0.475 e. The molecule has 5 nitrogen and oxygen atoms in total. The first-order valence-electron chi connectivity index (χ1n) is 8.98. The van der Waals surface area contributed by atoms with E-state index in [9.17, 15) is 9.67 Å². The first kappa shape index (κ1) is 19.3. The molecule has 26 heavy (non-hydrogen) atoms. The van der Waals surface area contributed by atoms with Gasteiger partial charge in [0, 0.05) is 0 Å². The Kier molecular flexibility index (Phi) is 7.00. The van der Waals surface area contributed by atoms with Gasteiger partial charge in [-0.2, -0.15) is 0 Å². The van der Waals surface area contributed by atoms with Crippen LogP contribution in [0.3, 0.4) is 0 Å². The summed E-state index contributed by atoms with van der Waals surface area (Å²) < 4.78 is 30.1. The number of benzene rings is 2. The van der Waals surface area contributed by atoms with Crippen molar-refractivity contribution in [3.05, 3.63) is 71.8 Å². The number of aliphatic hydroxyl groups excluding tert-OH is 1. The summed E-state index contributed by atoms with van der Waals surface area (Å²) in [4.78, 5) is 0. The quantitative estimate of drug-likeness (QED) is 0.668. The lowest BCUT2D eigenvalue weighted by atomic mass is 9.95. The van der Waals surface area contributed by atoms with Gasteiger partial charge in [-0.25, -0.2) is 4.57 Å². The van der Waals surface area contributed by atoms with Gasteiger partial charge in [-0.1, -0.05) is 73.5 Å². The second kappa shape index (κ2) is 9.45. The number of rotatable bonds is 8. The topological polar surface area (TPSA) is 65.0 Å². The summed E-state index contributed by atoms with van der Waals surface area (Å²) in [5, 5.41) is 10.1. The molecule has 1 unspecified atom stereocenters. The van der Waals surface area contributed by atoms with Crippen molar-refractivity contribution >= 4 is 7.82 Å². The molecule has 0 aliphatic heterocycles. The Hall–Kier alpha value is -1.49. The fourth-order valence-corrected chi connectivity index (χ4v) is 4.31. The highest BCUT2D eigenvalue weighted by Gasteiger charge is 2.35. The van der Waals surface area contributed by atoms with E-state index in [-0.39, 0.29) is 13.2 Å². The lowest BCUT2D eigenvalue weighted by Crippen LogP contribution is -2.31. The van der Waals surface area contributed by atoms with E-state index in [1.54, 1.807) is 0 Å². The maximum atomic E-state index is 13.2. The zero-order valence-electron chi connectivity index (χ0n) is 14.7. The van der Waals surface area contributed by atoms with Crippen LogP contribution in [0.5, 0.6) is 0 Å². The highest BCUT2D eigenvalue weighted by atomic mass is 31.2. The average Bonchev–Trinajstić information content (AvgIpc) is 2.69. The van der Waals surface area contributed by atoms with E-state index in [0.717, 1.165) is 24.0 Å². The molecule has 0 saturated heterocycles. The summed E-state index contributed by atoms with van der Waals surface area (Å²) in [7, 11) is -3.82. The molecule has 0 bridgehead atoms. The Balaban J connectivity index is 1.67. The molecular formula is C20H25O5P. The first-order valence-corrected chi connectivity index (χ1v) is 10.4. The van der Waals surface area contributed by atoms with E-state index in [0.29, 0.717) is 12.8 Å². The van der Waals surface area contributed by atoms with Crippen LogP contribution < -0.4 is 0 Å². The SMILES string of the molecule is O=P(OCc1ccccc1)(OCc1ccccc1)O[C@@H]1CCCCC1O. The molecule has 0 radical (unpaired) electrons. The molecule has 1 N–H and O–H groups in total. The van der Waals surface area contributed by atoms with Crippen LogP contribution in [-0.4, -0.2) is 17.3 Å². The molecule has 1 saturated carbocycles. The van der Waals surface area contributed by atoms with Gasteiger partial charge in [0.05, 0.1) is 25.4 Å². The number of hydrogen-bond donors (Lipinski definition) is 1. The highest BCUT2D eigenvalue weighted by Crippen LogP contribution is 2.53. The molecule has 0 spiro atoms. The van der Waals surface area contributed by atoms with Gasteiger partial charge in [0.2, 0.25) is 0 Å². The van der Waals surface area contributed by atoms with Crippen molar-refractivity contribution in [3.8, 4) is 0 Å². The van der Waals surface area contributed by atoms with Crippen molar-refractivity contribution in [1.29, 1.82) is 0 Å². The van der Waals surface area contributed by atoms with Crippen LogP contribution in [0, 0.1) is 0 Å². The number of aliphatic hydroxyl groups is 1. The normalized spacial score (nSPS) is 20.8. The van der Waals surface area contributed by atoms with Crippen LogP contribution in [0.25, 0.3) is 0 Å². The van der Waals surface area contributed by atoms with Gasteiger partial charge in [0.25, 0.3) is 0 Å². The Morgan fingerprint density at radius 3 is 1.85 bits per heavy atom. The van der Waals surface area contributed by atoms with Crippen molar-refractivity contribution in [1.82, 2.24) is 0 Å². The van der Waals surface area contributed by atoms with Crippen molar-refractivity contribution < 1.29 is 23.2 Å². The minimum Gasteiger partial charge on any atom is -0.390 e. The predicted molar refractivity (Wildman–Crippen MR) is 99.4 cm³/mol. The van der Waals surface area contributed by atoms with Gasteiger partial charge in [0.15, 0.2) is 0 Å². The van der Waals surface area contributed by atoms with Crippen molar-refractivity contribution in [2.75, 3.05) is 0 Å². The fourth-order valence-electron chi connectivity index (χ4n) is 2.92. The third kappa shape index (κ3) is 5.76. The summed E-state index contributed by atoms with van der Waals surface area (Å²) >= 11 is 0. The van der Waals surface area contributed by atoms with E-state index < -0.39 is 20.0 Å². The van der Waals surface area contributed by atoms with Crippen molar-refractivity contribution in [3.63, 3.8) is 0 Å². The second-order valence-electron chi connectivity index (χ2n) is 6.46. The smallest absolute Gasteiger partial charge is 0.390 e. The number of phosphoric ester groups is 1. The largest absolute Gasteiger partial charge is 0.475 e. The lowest BCUT2D eigenvalue weighted by Gasteiger charge is -2.30. The minimum absolute atomic E-state index is 0.121. The van der Waals surface area contributed by atoms with E-state index in [4.69, 9.17) is 13.6 Å². The molecule has 1 aliphatic carbocycles. The number of hydrogen-bond acceptors (Lipinski definition) is 5. The van der Waals surface area contributed by atoms with Crippen LogP contribution in [0.2, 0.25) is 0 Å². The molecule has 0 aromatic heterocycles. The molecule has 0 heterocycles. The maximum absolute atomic E-state index is 13.2. The van der Waals surface area contributed by atoms with Crippen LogP contribution in [0.4, 0.5) is 0 Å². The van der Waals surface area contributed by atoms with Gasteiger partial charge >= 0.3 is 7.82 Å². The van der Waals surface area contributed by atoms with Crippen LogP contribution >= 0.6 is 7.82 Å². The van der Waals surface area contributed by atoms with Crippen LogP contribution in [-0.2, 0) is 31.4 Å². The molecule has 1 fully saturated rings. The van der Waals surface area contributed by atoms with Crippen LogP contribution in [0.1, 0.15) is 36.8 Å². The van der Waals surface area contributed by atoms with Gasteiger partial charge in [-0.15, -0.1) is 0 Å². The first-order chi connectivity index (χ1) is 12.6. The Labute approximate surface area is 154 Å². The summed E-state index contributed by atoms with van der Waals surface area (Å²) in [6.07, 6.45) is 2.00. The second-order valence-corrected chi connectivity index (χ2v) is 8.08. The van der Waals surface area contributed by atoms with E-state index in [1.807, 2.05) is 60.7 Å². The molecular weight excluding hydrogens is 351 g/mol. The zero-order valence-corrected chi connectivity index (χ0v) is 15.6. The van der Waals surface area contributed by atoms with Crippen LogP contribution in [0.15, 0.2) is 60.7 Å². The average molecular weight is 376 g/mol. The van der Waals surface area contributed by atoms with E-state index >= 15 is 0 Å². The molecule has 2 atom stereocenters. The predicted octanol–water partition coefficient (Wildman–Crippen LogP) is 4.85. The monoisotopic (exact) mass is 376 g/mol. The molecule has 140 valence electrons. The molecule has 1 aliphatic rings. The van der Waals surface area contributed by atoms with Crippen molar-refractivity contribution in [2.24, 2.45) is 0 Å². The summed E-state index contributed by atoms with van der Waals surface area (Å²) in [6, 6.07) is 18.9. The third-order valence-electron chi connectivity index (χ3n) is 4.40. The number of phosphoric acid groups is 1. The molecule has 2 aromatic rings. The molecule has 6 heteroatoms. The standard InChI is InChI=1S/C20H25O5P/c21-19-13-7-8-14-20(19)25-26(22,23-15-17-9-3-1-4-10-17)24-16-18-11-5-2-6-12-18/h1-6,9-12,19-21H,7-8,13-16H2/t19?,20-/m1/s1. The summed E-state index contributed by atoms with van der Waals surface area (Å²) in [5.74, 6) is 0. The van der Waals surface area contributed by atoms with Crippen molar-refractivity contribution in [2.45, 2.75) is 51.1 Å². The highest BCUT2D eigenvalue weighted by molar-refractivity contribution is 7.48. The van der Waals surface area contributed by atoms with E-state index in [2.05, 4.69) is 0 Å². The molecule has 2 aromatic carbocycles. The fraction of sp³-hybridized carbons (Fsp3) is 0.400. The summed E-state index contributed by atoms with van der Waals surface area (Å²) in [6.45, 7) is 0.242.